The minimum absolute atomic E-state index is 0.259. The Bertz CT molecular complexity index is 1400. The van der Waals surface area contributed by atoms with E-state index in [4.69, 9.17) is 9.47 Å². The molecule has 12 heteroatoms. The quantitative estimate of drug-likeness (QED) is 0.387. The summed E-state index contributed by atoms with van der Waals surface area (Å²) < 4.78 is 13.4. The second-order valence-corrected chi connectivity index (χ2v) is 8.76. The third kappa shape index (κ3) is 5.33. The number of ether oxygens (including phenoxy) is 2. The highest BCUT2D eigenvalue weighted by Crippen LogP contribution is 2.41. The number of aryl methyl sites for hydroxylation is 1. The van der Waals surface area contributed by atoms with Gasteiger partial charge in [0.25, 0.3) is 5.91 Å². The zero-order valence-electron chi connectivity index (χ0n) is 21.0. The molecule has 2 aliphatic rings. The number of aromatic nitrogens is 4. The smallest absolute Gasteiger partial charge is 0.280 e. The Morgan fingerprint density at radius 1 is 1.29 bits per heavy atom. The summed E-state index contributed by atoms with van der Waals surface area (Å²) in [5.41, 5.74) is 2.58. The normalized spacial score (nSPS) is 16.3. The SMILES string of the molecule is C=CC(=O)NCCOc1cccc2c1N1CCCCCOc3cnnn3-c3cc(cc(C)n3)C(=O)/N=C/1N2. The number of carbonyl (C=O) groups is 2. The van der Waals surface area contributed by atoms with Crippen LogP contribution in [0.1, 0.15) is 35.3 Å². The number of aliphatic imine (C=N–C) groups is 1. The summed E-state index contributed by atoms with van der Waals surface area (Å²) in [5.74, 6) is 1.25. The maximum atomic E-state index is 13.4. The van der Waals surface area contributed by atoms with E-state index < -0.39 is 5.91 Å². The first-order chi connectivity index (χ1) is 18.5. The summed E-state index contributed by atoms with van der Waals surface area (Å²) in [7, 11) is 0. The molecule has 0 spiro atoms. The van der Waals surface area contributed by atoms with Crippen LogP contribution in [0.25, 0.3) is 5.82 Å². The Morgan fingerprint density at radius 3 is 3.05 bits per heavy atom. The maximum absolute atomic E-state index is 13.4. The summed E-state index contributed by atoms with van der Waals surface area (Å²) >= 11 is 0. The van der Waals surface area contributed by atoms with E-state index in [2.05, 4.69) is 37.5 Å². The Balaban J connectivity index is 1.46. The highest BCUT2D eigenvalue weighted by atomic mass is 16.5. The van der Waals surface area contributed by atoms with Crippen LogP contribution in [-0.4, -0.2) is 64.1 Å². The van der Waals surface area contributed by atoms with Crippen LogP contribution in [0.2, 0.25) is 0 Å². The molecule has 0 fully saturated rings. The third-order valence-corrected chi connectivity index (χ3v) is 6.02. The zero-order valence-corrected chi connectivity index (χ0v) is 21.0. The van der Waals surface area contributed by atoms with Gasteiger partial charge < -0.3 is 25.0 Å². The molecule has 0 atom stereocenters. The van der Waals surface area contributed by atoms with Crippen LogP contribution in [0.3, 0.4) is 0 Å². The molecule has 0 aliphatic carbocycles. The van der Waals surface area contributed by atoms with Gasteiger partial charge in [-0.2, -0.15) is 9.67 Å². The number of hydrogen-bond donors (Lipinski definition) is 2. The van der Waals surface area contributed by atoms with Crippen LogP contribution in [-0.2, 0) is 4.79 Å². The summed E-state index contributed by atoms with van der Waals surface area (Å²) in [6.45, 7) is 6.96. The average molecular weight is 517 g/mol. The molecule has 2 aliphatic heterocycles. The number of pyridine rings is 1. The van der Waals surface area contributed by atoms with E-state index in [0.717, 1.165) is 30.6 Å². The van der Waals surface area contributed by atoms with Gasteiger partial charge in [0.15, 0.2) is 5.82 Å². The summed E-state index contributed by atoms with van der Waals surface area (Å²) in [6.07, 6.45) is 5.28. The molecule has 0 saturated carbocycles. The molecule has 4 heterocycles. The lowest BCUT2D eigenvalue weighted by Crippen LogP contribution is -2.33. The van der Waals surface area contributed by atoms with Crippen molar-refractivity contribution >= 4 is 29.1 Å². The third-order valence-electron chi connectivity index (χ3n) is 6.02. The fourth-order valence-corrected chi connectivity index (χ4v) is 4.28. The monoisotopic (exact) mass is 516 g/mol. The number of benzene rings is 1. The number of rotatable bonds is 5. The Labute approximate surface area is 219 Å². The van der Waals surface area contributed by atoms with Crippen LogP contribution < -0.4 is 25.0 Å². The Kier molecular flexibility index (Phi) is 7.29. The Morgan fingerprint density at radius 2 is 2.18 bits per heavy atom. The van der Waals surface area contributed by atoms with Gasteiger partial charge in [-0.3, -0.25) is 9.59 Å². The average Bonchev–Trinajstić information content (AvgIpc) is 3.52. The van der Waals surface area contributed by atoms with Crippen molar-refractivity contribution in [1.29, 1.82) is 0 Å². The number of anilines is 2. The first-order valence-electron chi connectivity index (χ1n) is 12.4. The van der Waals surface area contributed by atoms with Crippen LogP contribution in [0, 0.1) is 6.92 Å². The predicted molar refractivity (Wildman–Crippen MR) is 141 cm³/mol. The van der Waals surface area contributed by atoms with Gasteiger partial charge in [-0.05, 0) is 56.5 Å². The van der Waals surface area contributed by atoms with E-state index in [9.17, 15) is 9.59 Å². The van der Waals surface area contributed by atoms with Gasteiger partial charge in [-0.25, -0.2) is 4.98 Å². The number of amides is 2. The lowest BCUT2D eigenvalue weighted by molar-refractivity contribution is -0.116. The second-order valence-electron chi connectivity index (χ2n) is 8.76. The van der Waals surface area contributed by atoms with E-state index in [-0.39, 0.29) is 12.5 Å². The van der Waals surface area contributed by atoms with Gasteiger partial charge in [-0.15, -0.1) is 5.10 Å². The standard InChI is InChI=1S/C26H28N8O4/c1-3-22(35)27-10-13-37-20-9-7-8-19-24(20)33-11-5-4-6-12-38-23-16-28-32-34(23)21-15-18(14-17(2)29-21)25(36)31-26(33)30-19/h3,7-9,14-16H,1,4-6,10-13H2,2H3,(H,27,35)(H,30,31,36). The van der Waals surface area contributed by atoms with Crippen molar-refractivity contribution in [2.24, 2.45) is 4.99 Å². The molecule has 3 aromatic rings. The second kappa shape index (κ2) is 11.1. The number of carbonyl (C=O) groups excluding carboxylic acids is 2. The molecule has 2 N–H and O–H groups in total. The van der Waals surface area contributed by atoms with Crippen molar-refractivity contribution in [3.8, 4) is 17.4 Å². The molecule has 0 unspecified atom stereocenters. The fourth-order valence-electron chi connectivity index (χ4n) is 4.28. The molecule has 2 aromatic heterocycles. The minimum Gasteiger partial charge on any atom is -0.489 e. The highest BCUT2D eigenvalue weighted by Gasteiger charge is 2.30. The minimum atomic E-state index is -0.427. The molecule has 2 amide bonds. The van der Waals surface area contributed by atoms with Crippen LogP contribution in [0.5, 0.6) is 11.6 Å². The lowest BCUT2D eigenvalue weighted by Gasteiger charge is -2.21. The van der Waals surface area contributed by atoms with E-state index in [1.165, 1.54) is 17.0 Å². The highest BCUT2D eigenvalue weighted by molar-refractivity contribution is 6.20. The summed E-state index contributed by atoms with van der Waals surface area (Å²) in [5, 5.41) is 14.0. The largest absolute Gasteiger partial charge is 0.489 e. The molecule has 12 nitrogen and oxygen atoms in total. The lowest BCUT2D eigenvalue weighted by atomic mass is 10.2. The van der Waals surface area contributed by atoms with Crippen molar-refractivity contribution in [3.05, 3.63) is 60.4 Å². The van der Waals surface area contributed by atoms with Crippen LogP contribution in [0.4, 0.5) is 11.4 Å². The van der Waals surface area contributed by atoms with Crippen LogP contribution in [0.15, 0.2) is 54.2 Å². The molecule has 5 rings (SSSR count). The van der Waals surface area contributed by atoms with Crippen molar-refractivity contribution in [1.82, 2.24) is 25.3 Å². The van der Waals surface area contributed by atoms with Crippen LogP contribution >= 0.6 is 0 Å². The molecule has 0 saturated heterocycles. The van der Waals surface area contributed by atoms with E-state index in [1.807, 2.05) is 23.1 Å². The number of nitrogens with zero attached hydrogens (tertiary/aromatic N) is 6. The molecular formula is C26H28N8O4. The van der Waals surface area contributed by atoms with Crippen molar-refractivity contribution < 1.29 is 19.1 Å². The van der Waals surface area contributed by atoms with Crippen molar-refractivity contribution in [2.45, 2.75) is 26.2 Å². The van der Waals surface area contributed by atoms with E-state index >= 15 is 0 Å². The zero-order chi connectivity index (χ0) is 26.5. The number of para-hydroxylation sites is 1. The van der Waals surface area contributed by atoms with Gasteiger partial charge in [0.05, 0.1) is 18.8 Å². The molecule has 2 bridgehead atoms. The topological polar surface area (TPSA) is 136 Å². The predicted octanol–water partition coefficient (Wildman–Crippen LogP) is 2.64. The molecule has 0 radical (unpaired) electrons. The Hall–Kier alpha value is -4.74. The number of fused-ring (bicyclic) bond motifs is 7. The van der Waals surface area contributed by atoms with Crippen molar-refractivity contribution in [2.75, 3.05) is 36.5 Å². The van der Waals surface area contributed by atoms with Gasteiger partial charge >= 0.3 is 0 Å². The molecule has 1 aromatic carbocycles. The number of guanidine groups is 1. The fraction of sp³-hybridized carbons (Fsp3) is 0.308. The maximum Gasteiger partial charge on any atom is 0.280 e. The number of nitrogens with one attached hydrogen (secondary N) is 2. The van der Waals surface area contributed by atoms with E-state index in [0.29, 0.717) is 54.4 Å². The van der Waals surface area contributed by atoms with Gasteiger partial charge in [0, 0.05) is 17.8 Å². The van der Waals surface area contributed by atoms with E-state index in [1.54, 1.807) is 19.1 Å². The molecular weight excluding hydrogens is 488 g/mol. The first-order valence-corrected chi connectivity index (χ1v) is 12.4. The van der Waals surface area contributed by atoms with Crippen molar-refractivity contribution in [3.63, 3.8) is 0 Å². The number of hydrogen-bond acceptors (Lipinski definition) is 9. The van der Waals surface area contributed by atoms with Gasteiger partial charge in [-0.1, -0.05) is 17.9 Å². The summed E-state index contributed by atoms with van der Waals surface area (Å²) in [6, 6.07) is 8.94. The summed E-state index contributed by atoms with van der Waals surface area (Å²) in [4.78, 5) is 35.7. The van der Waals surface area contributed by atoms with Gasteiger partial charge in [0.1, 0.15) is 24.2 Å². The van der Waals surface area contributed by atoms with Gasteiger partial charge in [0.2, 0.25) is 17.7 Å². The molecule has 38 heavy (non-hydrogen) atoms. The molecule has 196 valence electrons. The first kappa shape index (κ1) is 24.9.